The van der Waals surface area contributed by atoms with Gasteiger partial charge in [-0.3, -0.25) is 0 Å². The Morgan fingerprint density at radius 3 is 2.50 bits per heavy atom. The van der Waals surface area contributed by atoms with Gasteiger partial charge in [-0.15, -0.1) is 0 Å². The van der Waals surface area contributed by atoms with Crippen LogP contribution < -0.4 is 0 Å². The standard InChI is InChI=1S/C23H27F3O2/c1-3-13-23(26)14-27-20(28-15-23)12-10-18-9-11-19(22(25)21(18)24)17-7-5-16(4-2)6-8-17/h7,9,11,16,20H,3-6,8,13-15H2,1-2H3. The van der Waals surface area contributed by atoms with Gasteiger partial charge in [0.05, 0.1) is 18.8 Å². The second kappa shape index (κ2) is 9.15. The molecule has 1 saturated heterocycles. The van der Waals surface area contributed by atoms with Gasteiger partial charge in [-0.1, -0.05) is 44.8 Å². The van der Waals surface area contributed by atoms with E-state index >= 15 is 0 Å². The molecule has 0 N–H and O–H groups in total. The van der Waals surface area contributed by atoms with Crippen LogP contribution in [0.2, 0.25) is 0 Å². The maximum absolute atomic E-state index is 14.6. The lowest BCUT2D eigenvalue weighted by atomic mass is 9.85. The van der Waals surface area contributed by atoms with Gasteiger partial charge in [0, 0.05) is 5.56 Å². The van der Waals surface area contributed by atoms with Crippen molar-refractivity contribution in [2.75, 3.05) is 13.2 Å². The molecule has 1 heterocycles. The van der Waals surface area contributed by atoms with Crippen LogP contribution in [0.1, 0.15) is 63.5 Å². The largest absolute Gasteiger partial charge is 0.339 e. The van der Waals surface area contributed by atoms with Gasteiger partial charge in [-0.2, -0.15) is 0 Å². The molecule has 1 aromatic rings. The lowest BCUT2D eigenvalue weighted by Gasteiger charge is -2.31. The zero-order valence-corrected chi connectivity index (χ0v) is 16.5. The van der Waals surface area contributed by atoms with Crippen molar-refractivity contribution in [1.29, 1.82) is 0 Å². The van der Waals surface area contributed by atoms with Gasteiger partial charge >= 0.3 is 0 Å². The van der Waals surface area contributed by atoms with Gasteiger partial charge in [-0.05, 0) is 49.2 Å². The third kappa shape index (κ3) is 4.79. The van der Waals surface area contributed by atoms with Crippen molar-refractivity contribution < 1.29 is 22.6 Å². The van der Waals surface area contributed by atoms with Gasteiger partial charge in [0.2, 0.25) is 6.29 Å². The van der Waals surface area contributed by atoms with Crippen LogP contribution in [0, 0.1) is 29.4 Å². The fourth-order valence-corrected chi connectivity index (χ4v) is 3.75. The maximum atomic E-state index is 14.6. The molecule has 152 valence electrons. The fraction of sp³-hybridized carbons (Fsp3) is 0.565. The van der Waals surface area contributed by atoms with Gasteiger partial charge in [0.1, 0.15) is 0 Å². The van der Waals surface area contributed by atoms with Gasteiger partial charge in [-0.25, -0.2) is 13.2 Å². The second-order valence-corrected chi connectivity index (χ2v) is 7.69. The molecular weight excluding hydrogens is 365 g/mol. The molecule has 0 aromatic heterocycles. The number of halogens is 3. The van der Waals surface area contributed by atoms with Gasteiger partial charge in [0.25, 0.3) is 0 Å². The van der Waals surface area contributed by atoms with Crippen molar-refractivity contribution in [3.8, 4) is 11.8 Å². The summed E-state index contributed by atoms with van der Waals surface area (Å²) in [6.07, 6.45) is 5.87. The molecule has 2 nitrogen and oxygen atoms in total. The first-order valence-electron chi connectivity index (χ1n) is 10.1. The summed E-state index contributed by atoms with van der Waals surface area (Å²) in [5, 5.41) is 0. The molecule has 0 radical (unpaired) electrons. The molecule has 28 heavy (non-hydrogen) atoms. The van der Waals surface area contributed by atoms with E-state index in [0.29, 0.717) is 24.3 Å². The Morgan fingerprint density at radius 2 is 1.89 bits per heavy atom. The van der Waals surface area contributed by atoms with Crippen LogP contribution in [-0.2, 0) is 9.47 Å². The van der Waals surface area contributed by atoms with Crippen LogP contribution in [0.5, 0.6) is 0 Å². The van der Waals surface area contributed by atoms with Crippen LogP contribution in [-0.4, -0.2) is 25.2 Å². The predicted octanol–water partition coefficient (Wildman–Crippen LogP) is 5.79. The van der Waals surface area contributed by atoms with E-state index in [1.165, 1.54) is 6.07 Å². The second-order valence-electron chi connectivity index (χ2n) is 7.69. The zero-order chi connectivity index (χ0) is 20.1. The minimum absolute atomic E-state index is 0.0538. The SMILES string of the molecule is CCCC1(F)COC(C#Cc2ccc(C3=CCC(CC)CC3)c(F)c2F)OC1. The lowest BCUT2D eigenvalue weighted by Crippen LogP contribution is -2.43. The summed E-state index contributed by atoms with van der Waals surface area (Å²) in [5.74, 6) is 3.97. The summed E-state index contributed by atoms with van der Waals surface area (Å²) in [6, 6.07) is 3.06. The molecule has 1 atom stereocenters. The van der Waals surface area contributed by atoms with E-state index in [2.05, 4.69) is 18.8 Å². The number of hydrogen-bond donors (Lipinski definition) is 0. The quantitative estimate of drug-likeness (QED) is 0.604. The number of rotatable bonds is 4. The van der Waals surface area contributed by atoms with E-state index in [9.17, 15) is 13.2 Å². The maximum Gasteiger partial charge on any atom is 0.223 e. The lowest BCUT2D eigenvalue weighted by molar-refractivity contribution is -0.208. The molecule has 1 aromatic carbocycles. The third-order valence-electron chi connectivity index (χ3n) is 5.53. The van der Waals surface area contributed by atoms with Crippen LogP contribution >= 0.6 is 0 Å². The molecule has 1 unspecified atom stereocenters. The summed E-state index contributed by atoms with van der Waals surface area (Å²) in [6.45, 7) is 3.82. The summed E-state index contributed by atoms with van der Waals surface area (Å²) in [5.41, 5.74) is -0.391. The Balaban J connectivity index is 1.70. The highest BCUT2D eigenvalue weighted by molar-refractivity contribution is 5.67. The van der Waals surface area contributed by atoms with Crippen LogP contribution in [0.3, 0.4) is 0 Å². The monoisotopic (exact) mass is 392 g/mol. The summed E-state index contributed by atoms with van der Waals surface area (Å²) in [7, 11) is 0. The summed E-state index contributed by atoms with van der Waals surface area (Å²) < 4.78 is 53.9. The van der Waals surface area contributed by atoms with Crippen molar-refractivity contribution in [3.05, 3.63) is 41.0 Å². The highest BCUT2D eigenvalue weighted by atomic mass is 19.2. The fourth-order valence-electron chi connectivity index (χ4n) is 3.75. The smallest absolute Gasteiger partial charge is 0.223 e. The Labute approximate surface area is 165 Å². The highest BCUT2D eigenvalue weighted by Crippen LogP contribution is 2.33. The number of ether oxygens (including phenoxy) is 2. The number of allylic oxidation sites excluding steroid dienone is 2. The average molecular weight is 392 g/mol. The Bertz CT molecular complexity index is 783. The normalized spacial score (nSPS) is 27.7. The molecule has 0 spiro atoms. The summed E-state index contributed by atoms with van der Waals surface area (Å²) in [4.78, 5) is 0. The Kier molecular flexibility index (Phi) is 6.85. The topological polar surface area (TPSA) is 18.5 Å². The molecule has 0 amide bonds. The van der Waals surface area contributed by atoms with Crippen LogP contribution in [0.15, 0.2) is 18.2 Å². The van der Waals surface area contributed by atoms with E-state index in [0.717, 1.165) is 31.3 Å². The third-order valence-corrected chi connectivity index (χ3v) is 5.53. The van der Waals surface area contributed by atoms with E-state index < -0.39 is 23.6 Å². The van der Waals surface area contributed by atoms with Crippen molar-refractivity contribution in [2.45, 2.75) is 64.3 Å². The highest BCUT2D eigenvalue weighted by Gasteiger charge is 2.35. The molecule has 0 bridgehead atoms. The van der Waals surface area contributed by atoms with Crippen LogP contribution in [0.25, 0.3) is 5.57 Å². The Hall–Kier alpha value is -1.77. The molecule has 3 rings (SSSR count). The van der Waals surface area contributed by atoms with Crippen molar-refractivity contribution in [3.63, 3.8) is 0 Å². The molecule has 1 aliphatic heterocycles. The first-order chi connectivity index (χ1) is 13.5. The first kappa shape index (κ1) is 21.0. The van der Waals surface area contributed by atoms with E-state index in [1.54, 1.807) is 6.07 Å². The molecule has 1 aliphatic carbocycles. The van der Waals surface area contributed by atoms with E-state index in [1.807, 2.05) is 13.0 Å². The van der Waals surface area contributed by atoms with Gasteiger partial charge in [0.15, 0.2) is 17.3 Å². The average Bonchev–Trinajstić information content (AvgIpc) is 2.71. The minimum atomic E-state index is -1.50. The van der Waals surface area contributed by atoms with Crippen molar-refractivity contribution in [2.24, 2.45) is 5.92 Å². The van der Waals surface area contributed by atoms with Gasteiger partial charge < -0.3 is 9.47 Å². The van der Waals surface area contributed by atoms with E-state index in [-0.39, 0.29) is 18.8 Å². The predicted molar refractivity (Wildman–Crippen MR) is 103 cm³/mol. The van der Waals surface area contributed by atoms with Crippen LogP contribution in [0.4, 0.5) is 13.2 Å². The van der Waals surface area contributed by atoms with Crippen molar-refractivity contribution >= 4 is 5.57 Å². The first-order valence-corrected chi connectivity index (χ1v) is 10.1. The summed E-state index contributed by atoms with van der Waals surface area (Å²) >= 11 is 0. The molecular formula is C23H27F3O2. The molecule has 1 fully saturated rings. The number of alkyl halides is 1. The van der Waals surface area contributed by atoms with E-state index in [4.69, 9.17) is 9.47 Å². The molecule has 5 heteroatoms. The Morgan fingerprint density at radius 1 is 1.14 bits per heavy atom. The zero-order valence-electron chi connectivity index (χ0n) is 16.5. The number of benzene rings is 1. The molecule has 0 saturated carbocycles. The minimum Gasteiger partial charge on any atom is -0.339 e. The molecule has 2 aliphatic rings. The number of hydrogen-bond acceptors (Lipinski definition) is 2. The van der Waals surface area contributed by atoms with Crippen molar-refractivity contribution in [1.82, 2.24) is 0 Å².